The van der Waals surface area contributed by atoms with Gasteiger partial charge in [0.2, 0.25) is 0 Å². The van der Waals surface area contributed by atoms with E-state index in [0.717, 1.165) is 42.6 Å². The Hall–Kier alpha value is -3.80. The Morgan fingerprint density at radius 2 is 1.73 bits per heavy atom. The minimum absolute atomic E-state index is 0.305. The second-order valence-electron chi connectivity index (χ2n) is 9.32. The maximum atomic E-state index is 12.5. The Balaban J connectivity index is 1.38. The molecule has 0 aromatic heterocycles. The highest BCUT2D eigenvalue weighted by molar-refractivity contribution is 5.94. The van der Waals surface area contributed by atoms with Gasteiger partial charge in [0.25, 0.3) is 0 Å². The lowest BCUT2D eigenvalue weighted by Gasteiger charge is -2.23. The molecule has 1 N–H and O–H groups in total. The van der Waals surface area contributed by atoms with Crippen molar-refractivity contribution in [2.24, 2.45) is 0 Å². The van der Waals surface area contributed by atoms with Crippen LogP contribution in [0.25, 0.3) is 11.6 Å². The summed E-state index contributed by atoms with van der Waals surface area (Å²) in [5.41, 5.74) is 7.78. The molecule has 0 radical (unpaired) electrons. The SMILES string of the molecule is Cc1ccc(C(=O)OCCN(CCC2=CCc3ccccc32)Cc2ccc(/C=C/C(=O)CO)cc2)cc1. The van der Waals surface area contributed by atoms with Gasteiger partial charge in [0.1, 0.15) is 13.2 Å². The molecule has 0 unspecified atom stereocenters. The minimum Gasteiger partial charge on any atom is -0.461 e. The second kappa shape index (κ2) is 12.9. The number of aliphatic hydroxyl groups excluding tert-OH is 1. The Morgan fingerprint density at radius 1 is 0.973 bits per heavy atom. The van der Waals surface area contributed by atoms with Crippen molar-refractivity contribution in [1.82, 2.24) is 4.90 Å². The van der Waals surface area contributed by atoms with Gasteiger partial charge in [-0.1, -0.05) is 78.4 Å². The van der Waals surface area contributed by atoms with E-state index in [9.17, 15) is 9.59 Å². The van der Waals surface area contributed by atoms with Crippen molar-refractivity contribution in [3.63, 3.8) is 0 Å². The fraction of sp³-hybridized carbons (Fsp3) is 0.250. The first-order chi connectivity index (χ1) is 18.0. The number of esters is 1. The van der Waals surface area contributed by atoms with Crippen LogP contribution in [0.3, 0.4) is 0 Å². The summed E-state index contributed by atoms with van der Waals surface area (Å²) in [4.78, 5) is 26.1. The smallest absolute Gasteiger partial charge is 0.338 e. The molecule has 0 amide bonds. The van der Waals surface area contributed by atoms with Crippen LogP contribution in [-0.2, 0) is 22.5 Å². The largest absolute Gasteiger partial charge is 0.461 e. The fourth-order valence-electron chi connectivity index (χ4n) is 4.41. The number of carbonyl (C=O) groups is 2. The number of ether oxygens (including phenoxy) is 1. The van der Waals surface area contributed by atoms with E-state index in [1.54, 1.807) is 18.2 Å². The zero-order valence-electron chi connectivity index (χ0n) is 21.2. The third kappa shape index (κ3) is 7.59. The van der Waals surface area contributed by atoms with Crippen molar-refractivity contribution in [2.75, 3.05) is 26.3 Å². The molecule has 0 aliphatic heterocycles. The van der Waals surface area contributed by atoms with Crippen molar-refractivity contribution in [3.05, 3.63) is 118 Å². The Morgan fingerprint density at radius 3 is 2.49 bits per heavy atom. The zero-order valence-corrected chi connectivity index (χ0v) is 21.2. The van der Waals surface area contributed by atoms with E-state index in [0.29, 0.717) is 18.7 Å². The Bertz CT molecular complexity index is 1270. The van der Waals surface area contributed by atoms with E-state index < -0.39 is 6.61 Å². The normalized spacial score (nSPS) is 12.6. The number of carbonyl (C=O) groups excluding carboxylic acids is 2. The van der Waals surface area contributed by atoms with E-state index in [1.807, 2.05) is 43.3 Å². The quantitative estimate of drug-likeness (QED) is 0.274. The van der Waals surface area contributed by atoms with Gasteiger partial charge in [0.05, 0.1) is 5.56 Å². The van der Waals surface area contributed by atoms with Gasteiger partial charge in [-0.2, -0.15) is 0 Å². The highest BCUT2D eigenvalue weighted by Crippen LogP contribution is 2.29. The molecular formula is C32H33NO4. The van der Waals surface area contributed by atoms with Crippen molar-refractivity contribution < 1.29 is 19.4 Å². The van der Waals surface area contributed by atoms with Crippen molar-refractivity contribution in [3.8, 4) is 0 Å². The maximum Gasteiger partial charge on any atom is 0.338 e. The number of aryl methyl sites for hydroxylation is 1. The summed E-state index contributed by atoms with van der Waals surface area (Å²) in [7, 11) is 0. The molecular weight excluding hydrogens is 462 g/mol. The third-order valence-electron chi connectivity index (χ3n) is 6.56. The summed E-state index contributed by atoms with van der Waals surface area (Å²) in [6.45, 7) is 4.00. The molecule has 1 aliphatic rings. The highest BCUT2D eigenvalue weighted by Gasteiger charge is 2.16. The van der Waals surface area contributed by atoms with Crippen LogP contribution in [0.15, 0.2) is 84.9 Å². The zero-order chi connectivity index (χ0) is 26.0. The summed E-state index contributed by atoms with van der Waals surface area (Å²) in [5.74, 6) is -0.626. The fourth-order valence-corrected chi connectivity index (χ4v) is 4.41. The third-order valence-corrected chi connectivity index (χ3v) is 6.56. The number of aliphatic hydroxyl groups is 1. The van der Waals surface area contributed by atoms with Crippen LogP contribution in [-0.4, -0.2) is 48.1 Å². The molecule has 1 aliphatic carbocycles. The monoisotopic (exact) mass is 495 g/mol. The van der Waals surface area contributed by atoms with E-state index >= 15 is 0 Å². The standard InChI is InChI=1S/C32H33NO4/c1-24-6-13-29(14-7-24)32(36)37-21-20-33(19-18-28-16-15-27-4-2-3-5-31(27)28)22-26-10-8-25(9-11-26)12-17-30(35)23-34/h2-14,16-17,34H,15,18-23H2,1H3/b17-12+. The van der Waals surface area contributed by atoms with Crippen LogP contribution >= 0.6 is 0 Å². The molecule has 190 valence electrons. The first kappa shape index (κ1) is 26.3. The van der Waals surface area contributed by atoms with Gasteiger partial charge in [-0.05, 0) is 65.8 Å². The second-order valence-corrected chi connectivity index (χ2v) is 9.32. The number of rotatable bonds is 12. The molecule has 3 aromatic carbocycles. The molecule has 0 atom stereocenters. The number of allylic oxidation sites excluding steroid dienone is 1. The van der Waals surface area contributed by atoms with Crippen LogP contribution in [0, 0.1) is 6.92 Å². The van der Waals surface area contributed by atoms with Gasteiger partial charge in [-0.3, -0.25) is 9.69 Å². The average Bonchev–Trinajstić information content (AvgIpc) is 3.34. The predicted octanol–water partition coefficient (Wildman–Crippen LogP) is 5.26. The van der Waals surface area contributed by atoms with E-state index in [1.165, 1.54) is 22.8 Å². The molecule has 0 bridgehead atoms. The van der Waals surface area contributed by atoms with Gasteiger partial charge >= 0.3 is 5.97 Å². The van der Waals surface area contributed by atoms with Crippen LogP contribution in [0.2, 0.25) is 0 Å². The summed E-state index contributed by atoms with van der Waals surface area (Å²) < 4.78 is 5.59. The highest BCUT2D eigenvalue weighted by atomic mass is 16.5. The van der Waals surface area contributed by atoms with Crippen LogP contribution in [0.5, 0.6) is 0 Å². The topological polar surface area (TPSA) is 66.8 Å². The number of fused-ring (bicyclic) bond motifs is 1. The average molecular weight is 496 g/mol. The van der Waals surface area contributed by atoms with Crippen molar-refractivity contribution in [2.45, 2.75) is 26.3 Å². The minimum atomic E-state index is -0.487. The molecule has 0 saturated heterocycles. The number of ketones is 1. The number of hydrogen-bond donors (Lipinski definition) is 1. The summed E-state index contributed by atoms with van der Waals surface area (Å²) in [5, 5.41) is 8.88. The van der Waals surface area contributed by atoms with Gasteiger partial charge in [-0.25, -0.2) is 4.79 Å². The lowest BCUT2D eigenvalue weighted by atomic mass is 10.0. The molecule has 0 fully saturated rings. The van der Waals surface area contributed by atoms with E-state index in [4.69, 9.17) is 9.84 Å². The van der Waals surface area contributed by atoms with E-state index in [2.05, 4.69) is 35.2 Å². The number of hydrogen-bond acceptors (Lipinski definition) is 5. The summed E-state index contributed by atoms with van der Waals surface area (Å²) in [6.07, 6.45) is 7.31. The predicted molar refractivity (Wildman–Crippen MR) is 147 cm³/mol. The van der Waals surface area contributed by atoms with Gasteiger partial charge in [0.15, 0.2) is 5.78 Å². The lowest BCUT2D eigenvalue weighted by molar-refractivity contribution is -0.117. The molecule has 3 aromatic rings. The van der Waals surface area contributed by atoms with Crippen LogP contribution in [0.1, 0.15) is 44.6 Å². The first-order valence-corrected chi connectivity index (χ1v) is 12.7. The number of benzene rings is 3. The Labute approximate surface area is 218 Å². The van der Waals surface area contributed by atoms with Gasteiger partial charge in [0, 0.05) is 19.6 Å². The maximum absolute atomic E-state index is 12.5. The molecule has 0 heterocycles. The molecule has 37 heavy (non-hydrogen) atoms. The summed E-state index contributed by atoms with van der Waals surface area (Å²) >= 11 is 0. The Kier molecular flexibility index (Phi) is 9.19. The molecule has 5 nitrogen and oxygen atoms in total. The van der Waals surface area contributed by atoms with Gasteiger partial charge < -0.3 is 9.84 Å². The van der Waals surface area contributed by atoms with Gasteiger partial charge in [-0.15, -0.1) is 0 Å². The molecule has 0 spiro atoms. The van der Waals surface area contributed by atoms with Crippen LogP contribution < -0.4 is 0 Å². The van der Waals surface area contributed by atoms with Crippen molar-refractivity contribution in [1.29, 1.82) is 0 Å². The van der Waals surface area contributed by atoms with Crippen molar-refractivity contribution >= 4 is 23.4 Å². The number of nitrogens with zero attached hydrogens (tertiary/aromatic N) is 1. The molecule has 0 saturated carbocycles. The first-order valence-electron chi connectivity index (χ1n) is 12.7. The van der Waals surface area contributed by atoms with Crippen LogP contribution in [0.4, 0.5) is 0 Å². The summed E-state index contributed by atoms with van der Waals surface area (Å²) in [6, 6.07) is 24.0. The van der Waals surface area contributed by atoms with E-state index in [-0.39, 0.29) is 11.8 Å². The lowest BCUT2D eigenvalue weighted by Crippen LogP contribution is -2.29. The molecule has 4 rings (SSSR count). The molecule has 5 heteroatoms.